The number of aromatic nitrogens is 4. The van der Waals surface area contributed by atoms with Crippen molar-refractivity contribution in [2.45, 2.75) is 32.7 Å². The molecule has 0 spiro atoms. The summed E-state index contributed by atoms with van der Waals surface area (Å²) in [5.74, 6) is 2.58. The lowest BCUT2D eigenvalue weighted by Crippen LogP contribution is -2.37. The molecule has 2 fully saturated rings. The highest BCUT2D eigenvalue weighted by atomic mass is 15.3. The Morgan fingerprint density at radius 3 is 2.44 bits per heavy atom. The van der Waals surface area contributed by atoms with E-state index in [1.54, 1.807) is 0 Å². The molecule has 4 heterocycles. The topological polar surface area (TPSA) is 50.1 Å². The Kier molecular flexibility index (Phi) is 4.70. The fraction of sp³-hybridized carbons (Fsp3) is 0.632. The van der Waals surface area contributed by atoms with Crippen LogP contribution in [0.1, 0.15) is 30.5 Å². The van der Waals surface area contributed by atoms with Crippen molar-refractivity contribution in [1.82, 2.24) is 24.6 Å². The molecule has 1 unspecified atom stereocenters. The minimum Gasteiger partial charge on any atom is -0.341 e. The number of piperidine rings is 1. The number of aryl methyl sites for hydroxylation is 1. The molecule has 4 rings (SSSR count). The quantitative estimate of drug-likeness (QED) is 0.854. The lowest BCUT2D eigenvalue weighted by atomic mass is 9.84. The van der Waals surface area contributed by atoms with Gasteiger partial charge < -0.3 is 4.90 Å². The Hall–Kier alpha value is -1.95. The summed E-state index contributed by atoms with van der Waals surface area (Å²) in [5, 5.41) is 4.38. The lowest BCUT2D eigenvalue weighted by Gasteiger charge is -2.34. The molecular weight excluding hydrogens is 312 g/mol. The van der Waals surface area contributed by atoms with Crippen LogP contribution >= 0.6 is 0 Å². The standard InChI is InChI=1S/C19H28N6/c1-15-18(12-22-23(15)2)14-24-9-4-17(13-24)16-5-10-25(11-6-16)19-20-7-3-8-21-19/h3,7-8,12,16-17H,4-6,9-11,13-14H2,1-2H3. The molecular formula is C19H28N6. The number of anilines is 1. The monoisotopic (exact) mass is 340 g/mol. The molecule has 2 aromatic rings. The van der Waals surface area contributed by atoms with Crippen molar-refractivity contribution in [3.63, 3.8) is 0 Å². The van der Waals surface area contributed by atoms with E-state index in [2.05, 4.69) is 31.8 Å². The zero-order valence-electron chi connectivity index (χ0n) is 15.3. The molecule has 0 N–H and O–H groups in total. The Morgan fingerprint density at radius 1 is 1.04 bits per heavy atom. The Bertz CT molecular complexity index is 689. The Balaban J connectivity index is 1.29. The van der Waals surface area contributed by atoms with Gasteiger partial charge in [0.15, 0.2) is 0 Å². The molecule has 0 bridgehead atoms. The molecule has 0 radical (unpaired) electrons. The van der Waals surface area contributed by atoms with Crippen LogP contribution in [0, 0.1) is 18.8 Å². The maximum atomic E-state index is 4.39. The van der Waals surface area contributed by atoms with Crippen LogP contribution in [-0.2, 0) is 13.6 Å². The molecule has 2 aromatic heterocycles. The average molecular weight is 340 g/mol. The van der Waals surface area contributed by atoms with E-state index in [0.717, 1.165) is 37.4 Å². The minimum atomic E-state index is 0.843. The van der Waals surface area contributed by atoms with E-state index in [4.69, 9.17) is 0 Å². The van der Waals surface area contributed by atoms with Crippen molar-refractivity contribution in [1.29, 1.82) is 0 Å². The molecule has 2 aliphatic rings. The fourth-order valence-corrected chi connectivity index (χ4v) is 4.36. The van der Waals surface area contributed by atoms with Gasteiger partial charge in [0.2, 0.25) is 5.95 Å². The van der Waals surface area contributed by atoms with Crippen LogP contribution in [0.4, 0.5) is 5.95 Å². The van der Waals surface area contributed by atoms with Gasteiger partial charge in [-0.15, -0.1) is 0 Å². The first-order valence-electron chi connectivity index (χ1n) is 9.42. The van der Waals surface area contributed by atoms with Gasteiger partial charge in [0, 0.05) is 56.9 Å². The third kappa shape index (κ3) is 3.54. The molecule has 6 nitrogen and oxygen atoms in total. The van der Waals surface area contributed by atoms with Gasteiger partial charge in [0.25, 0.3) is 0 Å². The number of hydrogen-bond donors (Lipinski definition) is 0. The molecule has 1 atom stereocenters. The average Bonchev–Trinajstić information content (AvgIpc) is 3.25. The van der Waals surface area contributed by atoms with Crippen molar-refractivity contribution in [2.75, 3.05) is 31.1 Å². The molecule has 134 valence electrons. The first-order chi connectivity index (χ1) is 12.2. The van der Waals surface area contributed by atoms with Gasteiger partial charge in [-0.1, -0.05) is 0 Å². The third-order valence-electron chi connectivity index (χ3n) is 6.08. The summed E-state index contributed by atoms with van der Waals surface area (Å²) in [6.45, 7) is 7.85. The van der Waals surface area contributed by atoms with Crippen molar-refractivity contribution < 1.29 is 0 Å². The van der Waals surface area contributed by atoms with Gasteiger partial charge in [0.1, 0.15) is 0 Å². The third-order valence-corrected chi connectivity index (χ3v) is 6.08. The summed E-state index contributed by atoms with van der Waals surface area (Å²) in [5.41, 5.74) is 2.67. The molecule has 0 aliphatic carbocycles. The summed E-state index contributed by atoms with van der Waals surface area (Å²) in [6, 6.07) is 1.88. The van der Waals surface area contributed by atoms with Gasteiger partial charge in [-0.2, -0.15) is 5.10 Å². The summed E-state index contributed by atoms with van der Waals surface area (Å²) >= 11 is 0. The summed E-state index contributed by atoms with van der Waals surface area (Å²) in [6.07, 6.45) is 9.57. The second-order valence-electron chi connectivity index (χ2n) is 7.54. The van der Waals surface area contributed by atoms with Gasteiger partial charge in [-0.05, 0) is 50.6 Å². The second kappa shape index (κ2) is 7.12. The van der Waals surface area contributed by atoms with Crippen LogP contribution in [0.25, 0.3) is 0 Å². The first-order valence-corrected chi connectivity index (χ1v) is 9.42. The molecule has 0 amide bonds. The van der Waals surface area contributed by atoms with Crippen molar-refractivity contribution >= 4 is 5.95 Å². The van der Waals surface area contributed by atoms with E-state index >= 15 is 0 Å². The maximum absolute atomic E-state index is 4.39. The van der Waals surface area contributed by atoms with Crippen LogP contribution < -0.4 is 4.90 Å². The number of nitrogens with zero attached hydrogens (tertiary/aromatic N) is 6. The number of likely N-dealkylation sites (tertiary alicyclic amines) is 1. The normalized spacial score (nSPS) is 22.6. The summed E-state index contributed by atoms with van der Waals surface area (Å²) in [7, 11) is 2.02. The summed E-state index contributed by atoms with van der Waals surface area (Å²) in [4.78, 5) is 13.7. The van der Waals surface area contributed by atoms with Crippen molar-refractivity contribution in [3.8, 4) is 0 Å². The zero-order valence-corrected chi connectivity index (χ0v) is 15.3. The van der Waals surface area contributed by atoms with Crippen LogP contribution in [0.15, 0.2) is 24.7 Å². The van der Waals surface area contributed by atoms with Crippen molar-refractivity contribution in [3.05, 3.63) is 35.9 Å². The number of rotatable bonds is 4. The highest BCUT2D eigenvalue weighted by Crippen LogP contribution is 2.33. The lowest BCUT2D eigenvalue weighted by molar-refractivity contribution is 0.251. The first kappa shape index (κ1) is 16.5. The summed E-state index contributed by atoms with van der Waals surface area (Å²) < 4.78 is 1.98. The number of hydrogen-bond acceptors (Lipinski definition) is 5. The van der Waals surface area contributed by atoms with Gasteiger partial charge in [-0.3, -0.25) is 9.58 Å². The van der Waals surface area contributed by atoms with Crippen LogP contribution in [-0.4, -0.2) is 50.8 Å². The van der Waals surface area contributed by atoms with E-state index in [0.29, 0.717) is 0 Å². The molecule has 0 aromatic carbocycles. The largest absolute Gasteiger partial charge is 0.341 e. The van der Waals surface area contributed by atoms with Crippen LogP contribution in [0.5, 0.6) is 0 Å². The Labute approximate surface area is 149 Å². The maximum Gasteiger partial charge on any atom is 0.225 e. The van der Waals surface area contributed by atoms with E-state index in [1.165, 1.54) is 43.6 Å². The van der Waals surface area contributed by atoms with Gasteiger partial charge in [0.05, 0.1) is 6.20 Å². The minimum absolute atomic E-state index is 0.843. The van der Waals surface area contributed by atoms with Crippen molar-refractivity contribution in [2.24, 2.45) is 18.9 Å². The Morgan fingerprint density at radius 2 is 1.76 bits per heavy atom. The zero-order chi connectivity index (χ0) is 17.2. The molecule has 2 saturated heterocycles. The second-order valence-corrected chi connectivity index (χ2v) is 7.54. The van der Waals surface area contributed by atoms with Gasteiger partial charge in [-0.25, -0.2) is 9.97 Å². The van der Waals surface area contributed by atoms with Crippen LogP contribution in [0.2, 0.25) is 0 Å². The fourth-order valence-electron chi connectivity index (χ4n) is 4.36. The van der Waals surface area contributed by atoms with E-state index in [-0.39, 0.29) is 0 Å². The molecule has 0 saturated carbocycles. The van der Waals surface area contributed by atoms with Crippen LogP contribution in [0.3, 0.4) is 0 Å². The molecule has 6 heteroatoms. The van der Waals surface area contributed by atoms with E-state index in [1.807, 2.05) is 36.4 Å². The predicted molar refractivity (Wildman–Crippen MR) is 98.3 cm³/mol. The highest BCUT2D eigenvalue weighted by Gasteiger charge is 2.32. The van der Waals surface area contributed by atoms with E-state index < -0.39 is 0 Å². The van der Waals surface area contributed by atoms with Gasteiger partial charge >= 0.3 is 0 Å². The molecule has 2 aliphatic heterocycles. The predicted octanol–water partition coefficient (Wildman–Crippen LogP) is 2.26. The molecule has 25 heavy (non-hydrogen) atoms. The highest BCUT2D eigenvalue weighted by molar-refractivity contribution is 5.28. The SMILES string of the molecule is Cc1c(CN2CCC(C3CCN(c4ncccn4)CC3)C2)cnn1C. The van der Waals surface area contributed by atoms with E-state index in [9.17, 15) is 0 Å². The smallest absolute Gasteiger partial charge is 0.225 e.